The fourth-order valence-electron chi connectivity index (χ4n) is 9.46. The standard InChI is InChI=1S/C59H44N2/c1-59(2)55-24-14-13-23-54(55)58-56(59)39-53(60(49-19-5-3-6-20-49)51-33-29-43(30-34-51)47-27-25-41-15-9-11-17-45(41)37-47)40-57(58)61(50-21-7-4-8-22-50)52-35-31-44(32-36-52)48-28-26-42-16-10-12-18-46(42)38-48/h3-40H,1-2H3. The summed E-state index contributed by atoms with van der Waals surface area (Å²) >= 11 is 0. The lowest BCUT2D eigenvalue weighted by Gasteiger charge is -2.33. The molecule has 0 aliphatic heterocycles. The van der Waals surface area contributed by atoms with Gasteiger partial charge in [0.1, 0.15) is 0 Å². The molecule has 0 aromatic heterocycles. The van der Waals surface area contributed by atoms with E-state index in [1.54, 1.807) is 0 Å². The molecule has 0 amide bonds. The third-order valence-electron chi connectivity index (χ3n) is 12.6. The number of rotatable bonds is 8. The van der Waals surface area contributed by atoms with Crippen LogP contribution in [0.2, 0.25) is 0 Å². The molecule has 2 heteroatoms. The van der Waals surface area contributed by atoms with Crippen LogP contribution >= 0.6 is 0 Å². The van der Waals surface area contributed by atoms with Crippen LogP contribution in [-0.4, -0.2) is 0 Å². The van der Waals surface area contributed by atoms with Gasteiger partial charge in [-0.15, -0.1) is 0 Å². The van der Waals surface area contributed by atoms with E-state index in [0.717, 1.165) is 34.1 Å². The van der Waals surface area contributed by atoms with Crippen LogP contribution in [0.15, 0.2) is 231 Å². The molecular formula is C59H44N2. The first-order valence-corrected chi connectivity index (χ1v) is 21.2. The van der Waals surface area contributed by atoms with E-state index in [2.05, 4.69) is 254 Å². The second-order valence-electron chi connectivity index (χ2n) is 16.6. The lowest BCUT2D eigenvalue weighted by molar-refractivity contribution is 0.660. The molecule has 11 rings (SSSR count). The van der Waals surface area contributed by atoms with Crippen molar-refractivity contribution < 1.29 is 0 Å². The number of fused-ring (bicyclic) bond motifs is 5. The highest BCUT2D eigenvalue weighted by molar-refractivity contribution is 5.98. The van der Waals surface area contributed by atoms with Crippen molar-refractivity contribution in [2.45, 2.75) is 19.3 Å². The van der Waals surface area contributed by atoms with Gasteiger partial charge in [0.2, 0.25) is 0 Å². The molecule has 10 aromatic rings. The van der Waals surface area contributed by atoms with Gasteiger partial charge in [-0.3, -0.25) is 0 Å². The van der Waals surface area contributed by atoms with Crippen molar-refractivity contribution in [3.63, 3.8) is 0 Å². The van der Waals surface area contributed by atoms with Crippen LogP contribution in [0.3, 0.4) is 0 Å². The summed E-state index contributed by atoms with van der Waals surface area (Å²) in [7, 11) is 0. The molecule has 10 aromatic carbocycles. The van der Waals surface area contributed by atoms with Gasteiger partial charge in [-0.1, -0.05) is 172 Å². The number of para-hydroxylation sites is 2. The molecule has 0 saturated heterocycles. The maximum absolute atomic E-state index is 2.46. The zero-order chi connectivity index (χ0) is 40.9. The van der Waals surface area contributed by atoms with Gasteiger partial charge < -0.3 is 9.80 Å². The van der Waals surface area contributed by atoms with Crippen molar-refractivity contribution in [3.05, 3.63) is 242 Å². The molecule has 0 N–H and O–H groups in total. The highest BCUT2D eigenvalue weighted by Crippen LogP contribution is 2.56. The molecule has 2 nitrogen and oxygen atoms in total. The Labute approximate surface area is 358 Å². The molecule has 61 heavy (non-hydrogen) atoms. The predicted molar refractivity (Wildman–Crippen MR) is 259 cm³/mol. The van der Waals surface area contributed by atoms with Gasteiger partial charge in [-0.2, -0.15) is 0 Å². The fourth-order valence-corrected chi connectivity index (χ4v) is 9.46. The minimum Gasteiger partial charge on any atom is -0.310 e. The highest BCUT2D eigenvalue weighted by Gasteiger charge is 2.39. The SMILES string of the molecule is CC1(C)c2ccccc2-c2c(N(c3ccccc3)c3ccc(-c4ccc5ccccc5c4)cc3)cc(N(c3ccccc3)c3ccc(-c4ccc5ccccc5c4)cc3)cc21. The number of anilines is 6. The second-order valence-corrected chi connectivity index (χ2v) is 16.6. The summed E-state index contributed by atoms with van der Waals surface area (Å²) < 4.78 is 0. The lowest BCUT2D eigenvalue weighted by atomic mass is 9.82. The van der Waals surface area contributed by atoms with Gasteiger partial charge in [-0.05, 0) is 133 Å². The number of nitrogens with zero attached hydrogens (tertiary/aromatic N) is 2. The Kier molecular flexibility index (Phi) is 8.86. The smallest absolute Gasteiger partial charge is 0.0564 e. The Hall–Kier alpha value is -7.68. The number of hydrogen-bond donors (Lipinski definition) is 0. The first-order valence-electron chi connectivity index (χ1n) is 21.2. The normalized spacial score (nSPS) is 12.6. The third-order valence-corrected chi connectivity index (χ3v) is 12.6. The molecule has 0 heterocycles. The molecule has 0 unspecified atom stereocenters. The van der Waals surface area contributed by atoms with Gasteiger partial charge in [-0.25, -0.2) is 0 Å². The van der Waals surface area contributed by atoms with Crippen LogP contribution in [0, 0.1) is 0 Å². The molecule has 290 valence electrons. The molecule has 0 saturated carbocycles. The number of hydrogen-bond acceptors (Lipinski definition) is 2. The van der Waals surface area contributed by atoms with Crippen LogP contribution in [0.5, 0.6) is 0 Å². The van der Waals surface area contributed by atoms with E-state index in [1.807, 2.05) is 0 Å². The summed E-state index contributed by atoms with van der Waals surface area (Å²) in [5.41, 5.74) is 16.4. The molecule has 1 aliphatic rings. The minimum atomic E-state index is -0.235. The second kappa shape index (κ2) is 14.9. The van der Waals surface area contributed by atoms with Gasteiger partial charge in [0.15, 0.2) is 0 Å². The molecule has 0 atom stereocenters. The van der Waals surface area contributed by atoms with Crippen LogP contribution in [-0.2, 0) is 5.41 Å². The van der Waals surface area contributed by atoms with Crippen LogP contribution < -0.4 is 9.80 Å². The van der Waals surface area contributed by atoms with E-state index in [0.29, 0.717) is 0 Å². The van der Waals surface area contributed by atoms with Crippen molar-refractivity contribution in [1.82, 2.24) is 0 Å². The summed E-state index contributed by atoms with van der Waals surface area (Å²) in [6.07, 6.45) is 0. The van der Waals surface area contributed by atoms with Crippen molar-refractivity contribution in [2.75, 3.05) is 9.80 Å². The summed E-state index contributed by atoms with van der Waals surface area (Å²) in [6, 6.07) is 84.2. The first-order chi connectivity index (χ1) is 30.0. The third kappa shape index (κ3) is 6.45. The van der Waals surface area contributed by atoms with E-state index < -0.39 is 0 Å². The van der Waals surface area contributed by atoms with Crippen molar-refractivity contribution in [2.24, 2.45) is 0 Å². The highest BCUT2D eigenvalue weighted by atomic mass is 15.2. The zero-order valence-electron chi connectivity index (χ0n) is 34.3. The molecule has 0 radical (unpaired) electrons. The number of benzene rings is 10. The topological polar surface area (TPSA) is 6.48 Å². The molecule has 0 bridgehead atoms. The zero-order valence-corrected chi connectivity index (χ0v) is 34.3. The van der Waals surface area contributed by atoms with E-state index >= 15 is 0 Å². The van der Waals surface area contributed by atoms with Crippen molar-refractivity contribution in [3.8, 4) is 33.4 Å². The summed E-state index contributed by atoms with van der Waals surface area (Å²) in [5.74, 6) is 0. The Balaban J connectivity index is 1.09. The molecular weight excluding hydrogens is 737 g/mol. The first kappa shape index (κ1) is 36.4. The molecule has 1 aliphatic carbocycles. The van der Waals surface area contributed by atoms with Gasteiger partial charge >= 0.3 is 0 Å². The maximum Gasteiger partial charge on any atom is 0.0564 e. The van der Waals surface area contributed by atoms with E-state index in [9.17, 15) is 0 Å². The Morgan fingerprint density at radius 2 is 0.721 bits per heavy atom. The van der Waals surface area contributed by atoms with Crippen molar-refractivity contribution >= 4 is 55.7 Å². The van der Waals surface area contributed by atoms with Crippen LogP contribution in [0.4, 0.5) is 34.1 Å². The monoisotopic (exact) mass is 780 g/mol. The average Bonchev–Trinajstić information content (AvgIpc) is 3.55. The van der Waals surface area contributed by atoms with E-state index in [-0.39, 0.29) is 5.41 Å². The predicted octanol–water partition coefficient (Wildman–Crippen LogP) is 16.6. The Morgan fingerprint density at radius 3 is 1.28 bits per heavy atom. The largest absolute Gasteiger partial charge is 0.310 e. The van der Waals surface area contributed by atoms with Gasteiger partial charge in [0.25, 0.3) is 0 Å². The van der Waals surface area contributed by atoms with Gasteiger partial charge in [0.05, 0.1) is 5.69 Å². The quantitative estimate of drug-likeness (QED) is 0.152. The minimum absolute atomic E-state index is 0.235. The summed E-state index contributed by atoms with van der Waals surface area (Å²) in [4.78, 5) is 4.87. The lowest BCUT2D eigenvalue weighted by Crippen LogP contribution is -2.18. The van der Waals surface area contributed by atoms with E-state index in [4.69, 9.17) is 0 Å². The fraction of sp³-hybridized carbons (Fsp3) is 0.0508. The van der Waals surface area contributed by atoms with Crippen LogP contribution in [0.25, 0.3) is 54.9 Å². The average molecular weight is 781 g/mol. The Bertz CT molecular complexity index is 3200. The summed E-state index contributed by atoms with van der Waals surface area (Å²) in [5, 5.41) is 4.99. The summed E-state index contributed by atoms with van der Waals surface area (Å²) in [6.45, 7) is 4.75. The van der Waals surface area contributed by atoms with Crippen LogP contribution in [0.1, 0.15) is 25.0 Å². The molecule has 0 spiro atoms. The van der Waals surface area contributed by atoms with Gasteiger partial charge in [0, 0.05) is 39.4 Å². The van der Waals surface area contributed by atoms with E-state index in [1.165, 1.54) is 66.1 Å². The molecule has 0 fully saturated rings. The van der Waals surface area contributed by atoms with Crippen molar-refractivity contribution in [1.29, 1.82) is 0 Å². The Morgan fingerprint density at radius 1 is 0.295 bits per heavy atom. The maximum atomic E-state index is 2.46.